The number of hydrogen-bond donors (Lipinski definition) is 1. The molecule has 20 heavy (non-hydrogen) atoms. The van der Waals surface area contributed by atoms with Crippen LogP contribution in [0.15, 0.2) is 24.3 Å². The topological polar surface area (TPSA) is 21.3 Å². The van der Waals surface area contributed by atoms with E-state index >= 15 is 0 Å². The lowest BCUT2D eigenvalue weighted by molar-refractivity contribution is 0.0457. The second kappa shape index (κ2) is 6.73. The molecule has 0 heterocycles. The van der Waals surface area contributed by atoms with Crippen molar-refractivity contribution in [3.05, 3.63) is 35.4 Å². The minimum absolute atomic E-state index is 0.511. The quantitative estimate of drug-likeness (QED) is 0.810. The van der Waals surface area contributed by atoms with Gasteiger partial charge in [-0.3, -0.25) is 0 Å². The molecule has 0 aromatic heterocycles. The van der Waals surface area contributed by atoms with Crippen molar-refractivity contribution in [1.29, 1.82) is 0 Å². The molecule has 0 aliphatic heterocycles. The normalized spacial score (nSPS) is 21.2. The van der Waals surface area contributed by atoms with E-state index < -0.39 is 0 Å². The number of hydrogen-bond acceptors (Lipinski definition) is 2. The summed E-state index contributed by atoms with van der Waals surface area (Å²) in [7, 11) is 0. The zero-order valence-corrected chi connectivity index (χ0v) is 12.6. The van der Waals surface area contributed by atoms with Gasteiger partial charge in [0.25, 0.3) is 0 Å². The lowest BCUT2D eigenvalue weighted by Crippen LogP contribution is -2.22. The molecule has 3 rings (SSSR count). The molecule has 2 aliphatic rings. The molecule has 1 aromatic rings. The summed E-state index contributed by atoms with van der Waals surface area (Å²) in [6, 6.07) is 9.81. The third kappa shape index (κ3) is 4.07. The SMILES string of the molecule is CC(CNC1CC1)c1ccc(COC2CCCC2)cc1. The molecule has 2 saturated carbocycles. The van der Waals surface area contributed by atoms with E-state index in [-0.39, 0.29) is 0 Å². The summed E-state index contributed by atoms with van der Waals surface area (Å²) in [5, 5.41) is 3.61. The Morgan fingerprint density at radius 3 is 2.45 bits per heavy atom. The molecule has 2 heteroatoms. The van der Waals surface area contributed by atoms with E-state index in [1.807, 2.05) is 0 Å². The van der Waals surface area contributed by atoms with Crippen molar-refractivity contribution >= 4 is 0 Å². The van der Waals surface area contributed by atoms with Crippen LogP contribution in [0.1, 0.15) is 62.5 Å². The first kappa shape index (κ1) is 14.1. The molecule has 0 bridgehead atoms. The molecule has 0 radical (unpaired) electrons. The predicted molar refractivity (Wildman–Crippen MR) is 82.9 cm³/mol. The van der Waals surface area contributed by atoms with Crippen molar-refractivity contribution in [1.82, 2.24) is 5.32 Å². The Bertz CT molecular complexity index is 404. The number of nitrogens with one attached hydrogen (secondary N) is 1. The Labute approximate surface area is 122 Å². The molecule has 1 atom stereocenters. The van der Waals surface area contributed by atoms with Crippen LogP contribution in [0, 0.1) is 0 Å². The molecule has 0 saturated heterocycles. The molecule has 1 N–H and O–H groups in total. The van der Waals surface area contributed by atoms with Crippen molar-refractivity contribution in [3.63, 3.8) is 0 Å². The zero-order chi connectivity index (χ0) is 13.8. The van der Waals surface area contributed by atoms with Crippen LogP contribution in [0.5, 0.6) is 0 Å². The first-order valence-electron chi connectivity index (χ1n) is 8.25. The van der Waals surface area contributed by atoms with Gasteiger partial charge < -0.3 is 10.1 Å². The Kier molecular flexibility index (Phi) is 4.74. The molecule has 2 fully saturated rings. The Hall–Kier alpha value is -0.860. The van der Waals surface area contributed by atoms with Gasteiger partial charge in [-0.25, -0.2) is 0 Å². The van der Waals surface area contributed by atoms with Crippen LogP contribution in [0.4, 0.5) is 0 Å². The molecule has 0 spiro atoms. The molecular formula is C18H27NO. The second-order valence-electron chi connectivity index (χ2n) is 6.54. The van der Waals surface area contributed by atoms with Crippen molar-refractivity contribution in [2.45, 2.75) is 70.1 Å². The summed E-state index contributed by atoms with van der Waals surface area (Å²) >= 11 is 0. The number of ether oxygens (including phenoxy) is 1. The maximum Gasteiger partial charge on any atom is 0.0720 e. The third-order valence-corrected chi connectivity index (χ3v) is 4.63. The third-order valence-electron chi connectivity index (χ3n) is 4.63. The predicted octanol–water partition coefficient (Wildman–Crippen LogP) is 4.00. The van der Waals surface area contributed by atoms with Crippen LogP contribution in [0.3, 0.4) is 0 Å². The van der Waals surface area contributed by atoms with Crippen LogP contribution in [0.2, 0.25) is 0 Å². The minimum atomic E-state index is 0.511. The molecule has 2 nitrogen and oxygen atoms in total. The Morgan fingerprint density at radius 2 is 1.80 bits per heavy atom. The largest absolute Gasteiger partial charge is 0.374 e. The van der Waals surface area contributed by atoms with Crippen LogP contribution >= 0.6 is 0 Å². The first-order valence-corrected chi connectivity index (χ1v) is 8.25. The van der Waals surface area contributed by atoms with Gasteiger partial charge in [0.05, 0.1) is 12.7 Å². The van der Waals surface area contributed by atoms with Gasteiger partial charge in [0, 0.05) is 12.6 Å². The summed E-state index contributed by atoms with van der Waals surface area (Å²) in [5.41, 5.74) is 2.74. The maximum atomic E-state index is 5.96. The van der Waals surface area contributed by atoms with E-state index in [0.29, 0.717) is 12.0 Å². The summed E-state index contributed by atoms with van der Waals surface area (Å²) in [5.74, 6) is 0.598. The molecular weight excluding hydrogens is 246 g/mol. The van der Waals surface area contributed by atoms with Gasteiger partial charge in [-0.05, 0) is 42.7 Å². The smallest absolute Gasteiger partial charge is 0.0720 e. The van der Waals surface area contributed by atoms with Gasteiger partial charge in [0.15, 0.2) is 0 Å². The van der Waals surface area contributed by atoms with E-state index in [2.05, 4.69) is 36.5 Å². The van der Waals surface area contributed by atoms with Crippen LogP contribution < -0.4 is 5.32 Å². The van der Waals surface area contributed by atoms with E-state index in [0.717, 1.165) is 19.2 Å². The number of rotatable bonds is 7. The van der Waals surface area contributed by atoms with Crippen molar-refractivity contribution < 1.29 is 4.74 Å². The molecule has 1 aromatic carbocycles. The van der Waals surface area contributed by atoms with E-state index in [9.17, 15) is 0 Å². The average molecular weight is 273 g/mol. The maximum absolute atomic E-state index is 5.96. The monoisotopic (exact) mass is 273 g/mol. The van der Waals surface area contributed by atoms with Gasteiger partial charge in [-0.15, -0.1) is 0 Å². The zero-order valence-electron chi connectivity index (χ0n) is 12.6. The fourth-order valence-electron chi connectivity index (χ4n) is 2.96. The second-order valence-corrected chi connectivity index (χ2v) is 6.54. The number of benzene rings is 1. The van der Waals surface area contributed by atoms with Gasteiger partial charge in [-0.1, -0.05) is 44.0 Å². The first-order chi connectivity index (χ1) is 9.81. The highest BCUT2D eigenvalue weighted by Crippen LogP contribution is 2.23. The van der Waals surface area contributed by atoms with Crippen LogP contribution in [-0.4, -0.2) is 18.7 Å². The van der Waals surface area contributed by atoms with Crippen molar-refractivity contribution in [2.24, 2.45) is 0 Å². The molecule has 1 unspecified atom stereocenters. The fraction of sp³-hybridized carbons (Fsp3) is 0.667. The van der Waals surface area contributed by atoms with E-state index in [1.165, 1.54) is 49.7 Å². The summed E-state index contributed by atoms with van der Waals surface area (Å²) in [6.07, 6.45) is 8.43. The molecule has 0 amide bonds. The van der Waals surface area contributed by atoms with Gasteiger partial charge in [0.2, 0.25) is 0 Å². The Balaban J connectivity index is 1.45. The van der Waals surface area contributed by atoms with Crippen molar-refractivity contribution in [3.8, 4) is 0 Å². The Morgan fingerprint density at radius 1 is 1.10 bits per heavy atom. The van der Waals surface area contributed by atoms with Crippen LogP contribution in [0.25, 0.3) is 0 Å². The fourth-order valence-corrected chi connectivity index (χ4v) is 2.96. The lowest BCUT2D eigenvalue weighted by Gasteiger charge is -2.14. The van der Waals surface area contributed by atoms with Crippen LogP contribution in [-0.2, 0) is 11.3 Å². The highest BCUT2D eigenvalue weighted by molar-refractivity contribution is 5.25. The molecule has 2 aliphatic carbocycles. The van der Waals surface area contributed by atoms with E-state index in [4.69, 9.17) is 4.74 Å². The van der Waals surface area contributed by atoms with Gasteiger partial charge >= 0.3 is 0 Å². The summed E-state index contributed by atoms with van der Waals surface area (Å²) in [6.45, 7) is 4.18. The molecule has 110 valence electrons. The van der Waals surface area contributed by atoms with E-state index in [1.54, 1.807) is 0 Å². The lowest BCUT2D eigenvalue weighted by atomic mass is 10.00. The van der Waals surface area contributed by atoms with Crippen molar-refractivity contribution in [2.75, 3.05) is 6.54 Å². The van der Waals surface area contributed by atoms with Gasteiger partial charge in [0.1, 0.15) is 0 Å². The average Bonchev–Trinajstić information content (AvgIpc) is 3.17. The van der Waals surface area contributed by atoms with Gasteiger partial charge in [-0.2, -0.15) is 0 Å². The highest BCUT2D eigenvalue weighted by Gasteiger charge is 2.21. The summed E-state index contributed by atoms with van der Waals surface area (Å²) in [4.78, 5) is 0. The summed E-state index contributed by atoms with van der Waals surface area (Å²) < 4.78 is 5.96. The standard InChI is InChI=1S/C18H27NO/c1-14(12-19-17-10-11-17)16-8-6-15(7-9-16)13-20-18-4-2-3-5-18/h6-9,14,17-19H,2-5,10-13H2,1H3. The highest BCUT2D eigenvalue weighted by atomic mass is 16.5. The minimum Gasteiger partial charge on any atom is -0.374 e.